The van der Waals surface area contributed by atoms with E-state index < -0.39 is 0 Å². The molecule has 4 heteroatoms. The van der Waals surface area contributed by atoms with E-state index in [-0.39, 0.29) is 0 Å². The molecule has 102 valence electrons. The number of unbranched alkanes of at least 4 members (excludes halogenated alkanes) is 1. The van der Waals surface area contributed by atoms with Gasteiger partial charge in [-0.2, -0.15) is 0 Å². The van der Waals surface area contributed by atoms with Crippen molar-refractivity contribution in [3.05, 3.63) is 11.9 Å². The van der Waals surface area contributed by atoms with Gasteiger partial charge in [-0.3, -0.25) is 0 Å². The first-order valence-electron chi connectivity index (χ1n) is 7.15. The molecular formula is C14H26N4. The lowest BCUT2D eigenvalue weighted by Crippen LogP contribution is -2.18. The van der Waals surface area contributed by atoms with Gasteiger partial charge in [0.15, 0.2) is 0 Å². The van der Waals surface area contributed by atoms with E-state index in [2.05, 4.69) is 46.9 Å². The molecule has 1 aromatic rings. The SMILES string of the molecule is CCCCNc1nc(C)cn1CC1CCN(C)C1. The lowest BCUT2D eigenvalue weighted by molar-refractivity contribution is 0.378. The number of imidazole rings is 1. The van der Waals surface area contributed by atoms with Gasteiger partial charge in [-0.15, -0.1) is 0 Å². The third kappa shape index (κ3) is 3.48. The van der Waals surface area contributed by atoms with Gasteiger partial charge in [-0.25, -0.2) is 4.98 Å². The summed E-state index contributed by atoms with van der Waals surface area (Å²) in [6.45, 7) is 8.86. The third-order valence-corrected chi connectivity index (χ3v) is 3.65. The predicted molar refractivity (Wildman–Crippen MR) is 76.0 cm³/mol. The minimum Gasteiger partial charge on any atom is -0.356 e. The van der Waals surface area contributed by atoms with Crippen molar-refractivity contribution in [1.82, 2.24) is 14.5 Å². The van der Waals surface area contributed by atoms with Gasteiger partial charge in [0.05, 0.1) is 5.69 Å². The summed E-state index contributed by atoms with van der Waals surface area (Å²) in [5.41, 5.74) is 1.11. The molecule has 0 spiro atoms. The first-order valence-corrected chi connectivity index (χ1v) is 7.15. The number of nitrogens with one attached hydrogen (secondary N) is 1. The molecule has 1 N–H and O–H groups in total. The number of aryl methyl sites for hydroxylation is 1. The van der Waals surface area contributed by atoms with E-state index in [1.165, 1.54) is 32.4 Å². The quantitative estimate of drug-likeness (QED) is 0.787. The van der Waals surface area contributed by atoms with Gasteiger partial charge in [0.2, 0.25) is 5.95 Å². The minimum absolute atomic E-state index is 0.773. The summed E-state index contributed by atoms with van der Waals surface area (Å²) in [6.07, 6.45) is 5.91. The van der Waals surface area contributed by atoms with Crippen LogP contribution in [0.2, 0.25) is 0 Å². The van der Waals surface area contributed by atoms with Crippen LogP contribution in [0.5, 0.6) is 0 Å². The predicted octanol–water partition coefficient (Wildman–Crippen LogP) is 2.36. The molecule has 0 amide bonds. The Balaban J connectivity index is 1.94. The zero-order valence-corrected chi connectivity index (χ0v) is 11.9. The van der Waals surface area contributed by atoms with Gasteiger partial charge in [-0.05, 0) is 39.3 Å². The van der Waals surface area contributed by atoms with E-state index in [4.69, 9.17) is 0 Å². The maximum Gasteiger partial charge on any atom is 0.203 e. The first kappa shape index (κ1) is 13.4. The summed E-state index contributed by atoms with van der Waals surface area (Å²) < 4.78 is 2.30. The second-order valence-corrected chi connectivity index (χ2v) is 5.56. The molecule has 1 fully saturated rings. The molecule has 0 saturated carbocycles. The van der Waals surface area contributed by atoms with E-state index in [1.807, 2.05) is 0 Å². The van der Waals surface area contributed by atoms with Crippen molar-refractivity contribution >= 4 is 5.95 Å². The second kappa shape index (κ2) is 6.23. The van der Waals surface area contributed by atoms with Gasteiger partial charge in [-0.1, -0.05) is 13.3 Å². The molecule has 1 aliphatic heterocycles. The number of nitrogens with zero attached hydrogens (tertiary/aromatic N) is 3. The molecule has 2 heterocycles. The molecule has 18 heavy (non-hydrogen) atoms. The van der Waals surface area contributed by atoms with E-state index >= 15 is 0 Å². The average Bonchev–Trinajstić information content (AvgIpc) is 2.87. The monoisotopic (exact) mass is 250 g/mol. The van der Waals surface area contributed by atoms with E-state index in [0.717, 1.165) is 30.6 Å². The first-order chi connectivity index (χ1) is 8.69. The van der Waals surface area contributed by atoms with Gasteiger partial charge >= 0.3 is 0 Å². The summed E-state index contributed by atoms with van der Waals surface area (Å²) in [4.78, 5) is 7.00. The van der Waals surface area contributed by atoms with Crippen LogP contribution in [0.3, 0.4) is 0 Å². The maximum absolute atomic E-state index is 4.58. The second-order valence-electron chi connectivity index (χ2n) is 5.56. The molecule has 4 nitrogen and oxygen atoms in total. The molecular weight excluding hydrogens is 224 g/mol. The minimum atomic E-state index is 0.773. The highest BCUT2D eigenvalue weighted by atomic mass is 15.2. The van der Waals surface area contributed by atoms with Crippen LogP contribution in [-0.4, -0.2) is 41.1 Å². The van der Waals surface area contributed by atoms with Gasteiger partial charge in [0.25, 0.3) is 0 Å². The van der Waals surface area contributed by atoms with Crippen LogP contribution >= 0.6 is 0 Å². The van der Waals surface area contributed by atoms with Crippen molar-refractivity contribution in [3.63, 3.8) is 0 Å². The zero-order valence-electron chi connectivity index (χ0n) is 11.9. The fourth-order valence-electron chi connectivity index (χ4n) is 2.66. The summed E-state index contributed by atoms with van der Waals surface area (Å²) in [7, 11) is 2.21. The standard InChI is InChI=1S/C14H26N4/c1-4-5-7-15-14-16-12(2)9-18(14)11-13-6-8-17(3)10-13/h9,13H,4-8,10-11H2,1-3H3,(H,15,16). The van der Waals surface area contributed by atoms with Gasteiger partial charge < -0.3 is 14.8 Å². The van der Waals surface area contributed by atoms with Crippen LogP contribution in [0.25, 0.3) is 0 Å². The van der Waals surface area contributed by atoms with Crippen molar-refractivity contribution in [1.29, 1.82) is 0 Å². The van der Waals surface area contributed by atoms with Crippen LogP contribution in [0.15, 0.2) is 6.20 Å². The van der Waals surface area contributed by atoms with Gasteiger partial charge in [0.1, 0.15) is 0 Å². The fraction of sp³-hybridized carbons (Fsp3) is 0.786. The molecule has 1 aromatic heterocycles. The highest BCUT2D eigenvalue weighted by Gasteiger charge is 2.20. The smallest absolute Gasteiger partial charge is 0.203 e. The Labute approximate surface area is 110 Å². The molecule has 1 aliphatic rings. The van der Waals surface area contributed by atoms with Crippen molar-refractivity contribution in [2.24, 2.45) is 5.92 Å². The lowest BCUT2D eigenvalue weighted by Gasteiger charge is -2.14. The Hall–Kier alpha value is -1.03. The van der Waals surface area contributed by atoms with E-state index in [9.17, 15) is 0 Å². The molecule has 0 aromatic carbocycles. The summed E-state index contributed by atoms with van der Waals surface area (Å²) >= 11 is 0. The number of likely N-dealkylation sites (tertiary alicyclic amines) is 1. The van der Waals surface area contributed by atoms with Crippen molar-refractivity contribution < 1.29 is 0 Å². The van der Waals surface area contributed by atoms with Crippen LogP contribution < -0.4 is 5.32 Å². The molecule has 1 unspecified atom stereocenters. The highest BCUT2D eigenvalue weighted by Crippen LogP contribution is 2.19. The van der Waals surface area contributed by atoms with Gasteiger partial charge in [0, 0.05) is 25.8 Å². The zero-order chi connectivity index (χ0) is 13.0. The van der Waals surface area contributed by atoms with Crippen LogP contribution in [0.4, 0.5) is 5.95 Å². The maximum atomic E-state index is 4.58. The highest BCUT2D eigenvalue weighted by molar-refractivity contribution is 5.28. The molecule has 1 saturated heterocycles. The lowest BCUT2D eigenvalue weighted by atomic mass is 10.1. The number of aromatic nitrogens is 2. The Morgan fingerprint density at radius 1 is 1.50 bits per heavy atom. The summed E-state index contributed by atoms with van der Waals surface area (Å²) in [6, 6.07) is 0. The fourth-order valence-corrected chi connectivity index (χ4v) is 2.66. The average molecular weight is 250 g/mol. The number of rotatable bonds is 6. The van der Waals surface area contributed by atoms with E-state index in [0.29, 0.717) is 0 Å². The number of hydrogen-bond acceptors (Lipinski definition) is 3. The normalized spacial score (nSPS) is 20.5. The number of hydrogen-bond donors (Lipinski definition) is 1. The van der Waals surface area contributed by atoms with Crippen LogP contribution in [-0.2, 0) is 6.54 Å². The van der Waals surface area contributed by atoms with Crippen LogP contribution in [0, 0.1) is 12.8 Å². The summed E-state index contributed by atoms with van der Waals surface area (Å²) in [5, 5.41) is 3.46. The van der Waals surface area contributed by atoms with Crippen molar-refractivity contribution in [3.8, 4) is 0 Å². The largest absolute Gasteiger partial charge is 0.356 e. The Morgan fingerprint density at radius 3 is 3.00 bits per heavy atom. The molecule has 1 atom stereocenters. The number of anilines is 1. The Bertz CT molecular complexity index is 372. The van der Waals surface area contributed by atoms with Crippen molar-refractivity contribution in [2.45, 2.75) is 39.7 Å². The third-order valence-electron chi connectivity index (χ3n) is 3.65. The molecule has 0 aliphatic carbocycles. The van der Waals surface area contributed by atoms with E-state index in [1.54, 1.807) is 0 Å². The summed E-state index contributed by atoms with van der Waals surface area (Å²) in [5.74, 6) is 1.82. The topological polar surface area (TPSA) is 33.1 Å². The molecule has 2 rings (SSSR count). The Kier molecular flexibility index (Phi) is 4.64. The van der Waals surface area contributed by atoms with Crippen molar-refractivity contribution in [2.75, 3.05) is 32.0 Å². The molecule has 0 radical (unpaired) electrons. The Morgan fingerprint density at radius 2 is 2.33 bits per heavy atom. The van der Waals surface area contributed by atoms with Crippen LogP contribution in [0.1, 0.15) is 31.9 Å². The molecule has 0 bridgehead atoms.